The van der Waals surface area contributed by atoms with E-state index in [4.69, 9.17) is 5.11 Å². The molecule has 2 nitrogen and oxygen atoms in total. The molecule has 2 heteroatoms. The van der Waals surface area contributed by atoms with Gasteiger partial charge < -0.3 is 10.4 Å². The van der Waals surface area contributed by atoms with E-state index in [9.17, 15) is 0 Å². The number of aliphatic hydroxyl groups excluding tert-OH is 1. The summed E-state index contributed by atoms with van der Waals surface area (Å²) in [6.45, 7) is 2.67. The molecule has 0 amide bonds. The van der Waals surface area contributed by atoms with Crippen molar-refractivity contribution in [3.8, 4) is 0 Å². The Morgan fingerprint density at radius 3 is 0.808 bits per heavy atom. The van der Waals surface area contributed by atoms with Gasteiger partial charge in [0.2, 0.25) is 0 Å². The molecule has 26 heavy (non-hydrogen) atoms. The van der Waals surface area contributed by atoms with Gasteiger partial charge in [-0.2, -0.15) is 0 Å². The summed E-state index contributed by atoms with van der Waals surface area (Å²) in [6.07, 6.45) is 28.1. The zero-order valence-electron chi connectivity index (χ0n) is 18.8. The second-order valence-electron chi connectivity index (χ2n) is 7.94. The van der Waals surface area contributed by atoms with Crippen LogP contribution in [0.3, 0.4) is 0 Å². The van der Waals surface area contributed by atoms with E-state index < -0.39 is 0 Å². The van der Waals surface area contributed by atoms with E-state index in [1.165, 1.54) is 122 Å². The lowest BCUT2D eigenvalue weighted by Gasteiger charge is -2.03. The quantitative estimate of drug-likeness (QED) is 0.215. The zero-order valence-corrected chi connectivity index (χ0v) is 18.8. The van der Waals surface area contributed by atoms with Gasteiger partial charge in [0.25, 0.3) is 0 Å². The summed E-state index contributed by atoms with van der Waals surface area (Å²) in [5.74, 6) is 0. The fourth-order valence-corrected chi connectivity index (χ4v) is 3.37. The predicted molar refractivity (Wildman–Crippen MR) is 120 cm³/mol. The van der Waals surface area contributed by atoms with Gasteiger partial charge in [-0.15, -0.1) is 0 Å². The Labute approximate surface area is 166 Å². The van der Waals surface area contributed by atoms with Gasteiger partial charge in [-0.3, -0.25) is 0 Å². The molecule has 0 aromatic rings. The van der Waals surface area contributed by atoms with E-state index in [0.29, 0.717) is 6.61 Å². The van der Waals surface area contributed by atoms with Crippen LogP contribution in [0.2, 0.25) is 0 Å². The lowest BCUT2D eigenvalue weighted by Crippen LogP contribution is -1.89. The Morgan fingerprint density at radius 2 is 0.615 bits per heavy atom. The SMILES string of the molecule is CCCCCCCCCCCCCCCCCCCCCCO.CNC. The molecule has 160 valence electrons. The summed E-state index contributed by atoms with van der Waals surface area (Å²) in [4.78, 5) is 0. The summed E-state index contributed by atoms with van der Waals surface area (Å²) in [7, 11) is 3.75. The van der Waals surface area contributed by atoms with Crippen LogP contribution in [0.15, 0.2) is 0 Å². The van der Waals surface area contributed by atoms with Crippen LogP contribution in [0, 0.1) is 0 Å². The molecule has 0 unspecified atom stereocenters. The maximum absolute atomic E-state index is 8.71. The highest BCUT2D eigenvalue weighted by Gasteiger charge is 1.95. The van der Waals surface area contributed by atoms with Crippen molar-refractivity contribution < 1.29 is 5.11 Å². The Kier molecular flexibility index (Phi) is 32.1. The molecule has 0 radical (unpaired) electrons. The van der Waals surface area contributed by atoms with E-state index in [-0.39, 0.29) is 0 Å². The van der Waals surface area contributed by atoms with Crippen LogP contribution in [-0.2, 0) is 0 Å². The molecular weight excluding hydrogens is 318 g/mol. The first kappa shape index (κ1) is 28.1. The minimum atomic E-state index is 0.374. The van der Waals surface area contributed by atoms with E-state index in [1.54, 1.807) is 0 Å². The van der Waals surface area contributed by atoms with Gasteiger partial charge in [-0.1, -0.05) is 129 Å². The molecule has 0 saturated carbocycles. The largest absolute Gasteiger partial charge is 0.396 e. The van der Waals surface area contributed by atoms with Crippen LogP contribution < -0.4 is 5.32 Å². The van der Waals surface area contributed by atoms with Crippen LogP contribution in [0.25, 0.3) is 0 Å². The number of nitrogens with one attached hydrogen (secondary N) is 1. The van der Waals surface area contributed by atoms with Crippen LogP contribution in [0.4, 0.5) is 0 Å². The first-order valence-electron chi connectivity index (χ1n) is 12.0. The topological polar surface area (TPSA) is 32.3 Å². The van der Waals surface area contributed by atoms with Crippen molar-refractivity contribution in [3.63, 3.8) is 0 Å². The Morgan fingerprint density at radius 1 is 0.423 bits per heavy atom. The summed E-state index contributed by atoms with van der Waals surface area (Å²) >= 11 is 0. The molecule has 0 aliphatic carbocycles. The van der Waals surface area contributed by atoms with Crippen LogP contribution in [-0.4, -0.2) is 25.8 Å². The van der Waals surface area contributed by atoms with Gasteiger partial charge in [0.15, 0.2) is 0 Å². The Hall–Kier alpha value is -0.0800. The third-order valence-corrected chi connectivity index (χ3v) is 5.01. The lowest BCUT2D eigenvalue weighted by molar-refractivity contribution is 0.282. The molecule has 0 aromatic heterocycles. The highest BCUT2D eigenvalue weighted by molar-refractivity contribution is 4.50. The minimum absolute atomic E-state index is 0.374. The molecule has 0 rings (SSSR count). The summed E-state index contributed by atoms with van der Waals surface area (Å²) in [5, 5.41) is 11.5. The zero-order chi connectivity index (χ0) is 19.6. The van der Waals surface area contributed by atoms with E-state index >= 15 is 0 Å². The van der Waals surface area contributed by atoms with Gasteiger partial charge in [0, 0.05) is 6.61 Å². The maximum atomic E-state index is 8.71. The fourth-order valence-electron chi connectivity index (χ4n) is 3.37. The predicted octanol–water partition coefficient (Wildman–Crippen LogP) is 7.64. The Balaban J connectivity index is 0. The van der Waals surface area contributed by atoms with Crippen molar-refractivity contribution >= 4 is 0 Å². The lowest BCUT2D eigenvalue weighted by atomic mass is 10.0. The fraction of sp³-hybridized carbons (Fsp3) is 1.00. The molecule has 0 atom stereocenters. The third-order valence-electron chi connectivity index (χ3n) is 5.01. The molecule has 0 spiro atoms. The number of rotatable bonds is 20. The van der Waals surface area contributed by atoms with Crippen molar-refractivity contribution in [2.45, 2.75) is 135 Å². The normalized spacial score (nSPS) is 10.6. The molecule has 0 fully saturated rings. The molecule has 0 aliphatic heterocycles. The molecule has 0 aromatic carbocycles. The molecule has 2 N–H and O–H groups in total. The van der Waals surface area contributed by atoms with E-state index in [0.717, 1.165) is 6.42 Å². The van der Waals surface area contributed by atoms with Crippen molar-refractivity contribution in [1.82, 2.24) is 5.32 Å². The first-order valence-corrected chi connectivity index (χ1v) is 12.0. The van der Waals surface area contributed by atoms with Crippen molar-refractivity contribution in [1.29, 1.82) is 0 Å². The second-order valence-corrected chi connectivity index (χ2v) is 7.94. The smallest absolute Gasteiger partial charge is 0.0431 e. The van der Waals surface area contributed by atoms with Crippen LogP contribution in [0.1, 0.15) is 135 Å². The molecular formula is C24H53NO. The van der Waals surface area contributed by atoms with Gasteiger partial charge in [0.05, 0.1) is 0 Å². The molecule has 0 bridgehead atoms. The molecule has 0 aliphatic rings. The monoisotopic (exact) mass is 371 g/mol. The number of hydrogen-bond acceptors (Lipinski definition) is 2. The van der Waals surface area contributed by atoms with E-state index in [1.807, 2.05) is 14.1 Å². The van der Waals surface area contributed by atoms with Crippen molar-refractivity contribution in [2.75, 3.05) is 20.7 Å². The van der Waals surface area contributed by atoms with E-state index in [2.05, 4.69) is 12.2 Å². The number of aliphatic hydroxyl groups is 1. The molecule has 0 heterocycles. The summed E-state index contributed by atoms with van der Waals surface area (Å²) < 4.78 is 0. The third kappa shape index (κ3) is 31.7. The number of hydrogen-bond donors (Lipinski definition) is 2. The average molecular weight is 372 g/mol. The first-order chi connectivity index (χ1) is 12.8. The highest BCUT2D eigenvalue weighted by Crippen LogP contribution is 2.14. The van der Waals surface area contributed by atoms with Crippen molar-refractivity contribution in [2.24, 2.45) is 0 Å². The van der Waals surface area contributed by atoms with Gasteiger partial charge in [0.1, 0.15) is 0 Å². The maximum Gasteiger partial charge on any atom is 0.0431 e. The number of unbranched alkanes of at least 4 members (excludes halogenated alkanes) is 19. The average Bonchev–Trinajstić information content (AvgIpc) is 2.64. The van der Waals surface area contributed by atoms with Gasteiger partial charge >= 0.3 is 0 Å². The Bertz CT molecular complexity index is 188. The van der Waals surface area contributed by atoms with Crippen molar-refractivity contribution in [3.05, 3.63) is 0 Å². The standard InChI is InChI=1S/C22H46O.C2H7N/c1-2-3-4-5-6-7-8-9-10-11-12-13-14-15-16-17-18-19-20-21-22-23;1-3-2/h23H,2-22H2,1H3;3H,1-2H3. The summed E-state index contributed by atoms with van der Waals surface area (Å²) in [5.41, 5.74) is 0. The molecule has 0 saturated heterocycles. The van der Waals surface area contributed by atoms with Crippen LogP contribution in [0.5, 0.6) is 0 Å². The highest BCUT2D eigenvalue weighted by atomic mass is 16.2. The summed E-state index contributed by atoms with van der Waals surface area (Å²) in [6, 6.07) is 0. The minimum Gasteiger partial charge on any atom is -0.396 e. The van der Waals surface area contributed by atoms with Crippen LogP contribution >= 0.6 is 0 Å². The second kappa shape index (κ2) is 29.7. The van der Waals surface area contributed by atoms with Gasteiger partial charge in [-0.25, -0.2) is 0 Å². The van der Waals surface area contributed by atoms with Gasteiger partial charge in [-0.05, 0) is 20.5 Å².